The van der Waals surface area contributed by atoms with Gasteiger partial charge in [0, 0.05) is 4.43 Å². The number of aliphatic hydroxyl groups excluding tert-OH is 1. The van der Waals surface area contributed by atoms with Crippen molar-refractivity contribution in [2.24, 2.45) is 0 Å². The van der Waals surface area contributed by atoms with E-state index in [9.17, 15) is 0 Å². The van der Waals surface area contributed by atoms with Gasteiger partial charge in [-0.3, -0.25) is 0 Å². The van der Waals surface area contributed by atoms with E-state index < -0.39 is 0 Å². The summed E-state index contributed by atoms with van der Waals surface area (Å²) in [7, 11) is 0. The van der Waals surface area contributed by atoms with Crippen LogP contribution in [0.1, 0.15) is 0 Å². The Kier molecular flexibility index (Phi) is 5.82. The molecule has 1 N–H and O–H groups in total. The highest BCUT2D eigenvalue weighted by atomic mass is 127. The van der Waals surface area contributed by atoms with E-state index in [2.05, 4.69) is 22.6 Å². The van der Waals surface area contributed by atoms with E-state index in [0.717, 1.165) is 4.43 Å². The summed E-state index contributed by atoms with van der Waals surface area (Å²) in [5.74, 6) is 0. The van der Waals surface area contributed by atoms with E-state index in [0.29, 0.717) is 0 Å². The van der Waals surface area contributed by atoms with Gasteiger partial charge >= 0.3 is 0 Å². The van der Waals surface area contributed by atoms with Gasteiger partial charge in [0.1, 0.15) is 0 Å². The lowest BCUT2D eigenvalue weighted by Crippen LogP contribution is -1.69. The highest BCUT2D eigenvalue weighted by Gasteiger charge is 1.61. The van der Waals surface area contributed by atoms with E-state index in [1.165, 1.54) is 0 Å². The maximum atomic E-state index is 8.11. The number of allylic oxidation sites excluding steroid dienone is 1. The molecule has 0 aliphatic carbocycles. The standard InChI is InChI=1S/C4H7IO/c5-3-1-2-4-6/h1-2,6H,3-4H2/b2-1+. The molecule has 0 spiro atoms. The lowest BCUT2D eigenvalue weighted by molar-refractivity contribution is 0.342. The van der Waals surface area contributed by atoms with Gasteiger partial charge < -0.3 is 5.11 Å². The van der Waals surface area contributed by atoms with Crippen molar-refractivity contribution in [2.75, 3.05) is 11.0 Å². The third kappa shape index (κ3) is 4.43. The molecule has 2 heteroatoms. The predicted molar refractivity (Wildman–Crippen MR) is 35.1 cm³/mol. The molecule has 0 heterocycles. The highest BCUT2D eigenvalue weighted by Crippen LogP contribution is 1.79. The fraction of sp³-hybridized carbons (Fsp3) is 0.500. The molecule has 0 amide bonds. The quantitative estimate of drug-likeness (QED) is 0.398. The summed E-state index contributed by atoms with van der Waals surface area (Å²) in [6.07, 6.45) is 3.65. The predicted octanol–water partition coefficient (Wildman–Crippen LogP) is 0.970. The molecule has 0 radical (unpaired) electrons. The molecule has 0 atom stereocenters. The Hall–Kier alpha value is 0.430. The number of aliphatic hydroxyl groups is 1. The average molecular weight is 198 g/mol. The van der Waals surface area contributed by atoms with Crippen molar-refractivity contribution in [2.45, 2.75) is 0 Å². The summed E-state index contributed by atoms with van der Waals surface area (Å²) in [5.41, 5.74) is 0. The van der Waals surface area contributed by atoms with Crippen LogP contribution in [0, 0.1) is 0 Å². The monoisotopic (exact) mass is 198 g/mol. The number of alkyl halides is 1. The van der Waals surface area contributed by atoms with Gasteiger partial charge in [0.15, 0.2) is 0 Å². The fourth-order valence-electron chi connectivity index (χ4n) is 0.138. The molecule has 0 aromatic carbocycles. The Morgan fingerprint density at radius 2 is 2.17 bits per heavy atom. The first kappa shape index (κ1) is 6.43. The van der Waals surface area contributed by atoms with Crippen molar-refractivity contribution < 1.29 is 5.11 Å². The SMILES string of the molecule is OC/C=C/CI. The van der Waals surface area contributed by atoms with Gasteiger partial charge in [-0.25, -0.2) is 0 Å². The number of hydrogen-bond donors (Lipinski definition) is 1. The molecule has 0 bridgehead atoms. The number of halogens is 1. The Morgan fingerprint density at radius 1 is 1.50 bits per heavy atom. The second-order valence-corrected chi connectivity index (χ2v) is 1.69. The van der Waals surface area contributed by atoms with Crippen LogP contribution in [-0.4, -0.2) is 16.1 Å². The Morgan fingerprint density at radius 3 is 2.33 bits per heavy atom. The molecule has 0 unspecified atom stereocenters. The molecule has 0 saturated carbocycles. The molecular weight excluding hydrogens is 191 g/mol. The Labute approximate surface area is 51.2 Å². The van der Waals surface area contributed by atoms with Gasteiger partial charge in [-0.05, 0) is 0 Å². The van der Waals surface area contributed by atoms with Gasteiger partial charge in [-0.1, -0.05) is 34.7 Å². The van der Waals surface area contributed by atoms with E-state index in [-0.39, 0.29) is 6.61 Å². The second-order valence-electron chi connectivity index (χ2n) is 0.808. The lowest BCUT2D eigenvalue weighted by atomic mass is 10.6. The summed E-state index contributed by atoms with van der Waals surface area (Å²) in [5, 5.41) is 8.11. The molecule has 6 heavy (non-hydrogen) atoms. The topological polar surface area (TPSA) is 20.2 Å². The fourth-order valence-corrected chi connectivity index (χ4v) is 0.497. The molecule has 0 aliphatic rings. The van der Waals surface area contributed by atoms with Crippen LogP contribution in [0.2, 0.25) is 0 Å². The molecule has 36 valence electrons. The lowest BCUT2D eigenvalue weighted by Gasteiger charge is -1.71. The minimum atomic E-state index is 0.170. The van der Waals surface area contributed by atoms with Crippen molar-refractivity contribution in [1.82, 2.24) is 0 Å². The van der Waals surface area contributed by atoms with E-state index >= 15 is 0 Å². The molecule has 1 nitrogen and oxygen atoms in total. The van der Waals surface area contributed by atoms with Crippen LogP contribution in [-0.2, 0) is 0 Å². The van der Waals surface area contributed by atoms with E-state index in [1.807, 2.05) is 6.08 Å². The summed E-state index contributed by atoms with van der Waals surface area (Å²) >= 11 is 2.21. The Bertz CT molecular complexity index is 36.8. The molecule has 0 saturated heterocycles. The maximum absolute atomic E-state index is 8.11. The first-order valence-corrected chi connectivity index (χ1v) is 3.26. The van der Waals surface area contributed by atoms with Crippen LogP contribution < -0.4 is 0 Å². The largest absolute Gasteiger partial charge is 0.392 e. The maximum Gasteiger partial charge on any atom is 0.0612 e. The van der Waals surface area contributed by atoms with Gasteiger partial charge in [0.05, 0.1) is 6.61 Å². The summed E-state index contributed by atoms with van der Waals surface area (Å²) < 4.78 is 0.984. The van der Waals surface area contributed by atoms with Crippen LogP contribution in [0.5, 0.6) is 0 Å². The smallest absolute Gasteiger partial charge is 0.0612 e. The van der Waals surface area contributed by atoms with Crippen molar-refractivity contribution in [3.05, 3.63) is 12.2 Å². The van der Waals surface area contributed by atoms with Gasteiger partial charge in [-0.15, -0.1) is 0 Å². The second kappa shape index (κ2) is 5.43. The van der Waals surface area contributed by atoms with Crippen LogP contribution in [0.15, 0.2) is 12.2 Å². The zero-order valence-corrected chi connectivity index (χ0v) is 5.55. The molecule has 0 rings (SSSR count). The van der Waals surface area contributed by atoms with Gasteiger partial charge in [-0.2, -0.15) is 0 Å². The van der Waals surface area contributed by atoms with Gasteiger partial charge in [0.2, 0.25) is 0 Å². The summed E-state index contributed by atoms with van der Waals surface area (Å²) in [6, 6.07) is 0. The minimum Gasteiger partial charge on any atom is -0.392 e. The zero-order chi connectivity index (χ0) is 4.83. The van der Waals surface area contributed by atoms with Crippen LogP contribution in [0.25, 0.3) is 0 Å². The van der Waals surface area contributed by atoms with Crippen molar-refractivity contribution in [3.8, 4) is 0 Å². The van der Waals surface area contributed by atoms with Crippen molar-refractivity contribution in [3.63, 3.8) is 0 Å². The van der Waals surface area contributed by atoms with Crippen LogP contribution in [0.3, 0.4) is 0 Å². The van der Waals surface area contributed by atoms with Crippen molar-refractivity contribution >= 4 is 22.6 Å². The third-order valence-corrected chi connectivity index (χ3v) is 0.870. The minimum absolute atomic E-state index is 0.170. The normalized spacial score (nSPS) is 10.3. The molecule has 0 aromatic rings. The van der Waals surface area contributed by atoms with Crippen molar-refractivity contribution in [1.29, 1.82) is 0 Å². The van der Waals surface area contributed by atoms with E-state index in [1.54, 1.807) is 6.08 Å². The molecule has 0 aromatic heterocycles. The zero-order valence-electron chi connectivity index (χ0n) is 3.39. The van der Waals surface area contributed by atoms with Crippen LogP contribution >= 0.6 is 22.6 Å². The third-order valence-electron chi connectivity index (χ3n) is 0.361. The number of hydrogen-bond acceptors (Lipinski definition) is 1. The molecular formula is C4H7IO. The molecule has 0 aliphatic heterocycles. The Balaban J connectivity index is 2.73. The molecule has 0 fully saturated rings. The average Bonchev–Trinajstić information content (AvgIpc) is 1.61. The van der Waals surface area contributed by atoms with Gasteiger partial charge in [0.25, 0.3) is 0 Å². The summed E-state index contributed by atoms with van der Waals surface area (Å²) in [4.78, 5) is 0. The van der Waals surface area contributed by atoms with Crippen LogP contribution in [0.4, 0.5) is 0 Å². The number of rotatable bonds is 2. The van der Waals surface area contributed by atoms with E-state index in [4.69, 9.17) is 5.11 Å². The highest BCUT2D eigenvalue weighted by molar-refractivity contribution is 14.1. The summed E-state index contributed by atoms with van der Waals surface area (Å²) in [6.45, 7) is 0.170. The first-order chi connectivity index (χ1) is 2.91. The first-order valence-electron chi connectivity index (χ1n) is 1.73.